The largest absolute Gasteiger partial charge is 0.462 e. The second kappa shape index (κ2) is 16.4. The molecule has 1 saturated carbocycles. The molecule has 1 N–H and O–H groups in total. The summed E-state index contributed by atoms with van der Waals surface area (Å²) in [6.07, 6.45) is 10.7. The average molecular weight is 595 g/mol. The van der Waals surface area contributed by atoms with Gasteiger partial charge in [-0.2, -0.15) is 15.2 Å². The van der Waals surface area contributed by atoms with E-state index in [2.05, 4.69) is 47.2 Å². The maximum Gasteiger partial charge on any atom is 0.318 e. The van der Waals surface area contributed by atoms with Crippen LogP contribution >= 0.6 is 11.6 Å². The van der Waals surface area contributed by atoms with Gasteiger partial charge in [-0.1, -0.05) is 70.3 Å². The number of rotatable bonds is 12. The Morgan fingerprint density at radius 2 is 1.93 bits per heavy atom. The lowest BCUT2D eigenvalue weighted by molar-refractivity contribution is 0.0822. The minimum atomic E-state index is 0.142. The number of benzene rings is 1. The van der Waals surface area contributed by atoms with Crippen molar-refractivity contribution in [3.63, 3.8) is 0 Å². The molecule has 2 aliphatic heterocycles. The van der Waals surface area contributed by atoms with E-state index in [1.807, 2.05) is 26.0 Å². The van der Waals surface area contributed by atoms with Gasteiger partial charge in [0, 0.05) is 48.3 Å². The first-order valence-electron chi connectivity index (χ1n) is 16.4. The van der Waals surface area contributed by atoms with Crippen molar-refractivity contribution < 1.29 is 4.74 Å². The van der Waals surface area contributed by atoms with E-state index in [0.29, 0.717) is 25.1 Å². The van der Waals surface area contributed by atoms with Crippen molar-refractivity contribution in [2.45, 2.75) is 116 Å². The fourth-order valence-corrected chi connectivity index (χ4v) is 6.80. The van der Waals surface area contributed by atoms with E-state index in [0.717, 1.165) is 67.9 Å². The summed E-state index contributed by atoms with van der Waals surface area (Å²) < 4.78 is 6.47. The van der Waals surface area contributed by atoms with Crippen LogP contribution < -0.4 is 15.0 Å². The Morgan fingerprint density at radius 1 is 1.12 bits per heavy atom. The second-order valence-electron chi connectivity index (χ2n) is 11.9. The third kappa shape index (κ3) is 8.15. The van der Waals surface area contributed by atoms with Gasteiger partial charge < -0.3 is 15.0 Å². The number of piperazine rings is 1. The molecule has 0 bridgehead atoms. The number of likely N-dealkylation sites (tertiary alicyclic amines) is 1. The zero-order chi connectivity index (χ0) is 29.9. The third-order valence-corrected chi connectivity index (χ3v) is 9.40. The normalized spacial score (nSPS) is 21.7. The molecular weight excluding hydrogens is 544 g/mol. The summed E-state index contributed by atoms with van der Waals surface area (Å²) >= 11 is 6.49. The first-order chi connectivity index (χ1) is 20.6. The van der Waals surface area contributed by atoms with E-state index in [1.165, 1.54) is 49.8 Å². The highest BCUT2D eigenvalue weighted by atomic mass is 35.5. The van der Waals surface area contributed by atoms with Gasteiger partial charge in [-0.25, -0.2) is 0 Å². The highest BCUT2D eigenvalue weighted by Crippen LogP contribution is 2.34. The number of hydrogen-bond donors (Lipinski definition) is 1. The SMILES string of the molecule is CC.CCCc1c(C(C)CCc2ccccc2Cl)nc(OCC2CCCN2C2CCC2)nc1N1CCNC(CC#N)C1. The molecule has 1 aliphatic carbocycles. The van der Waals surface area contributed by atoms with Gasteiger partial charge in [0.15, 0.2) is 0 Å². The van der Waals surface area contributed by atoms with E-state index in [1.54, 1.807) is 0 Å². The lowest BCUT2D eigenvalue weighted by atomic mass is 9.91. The summed E-state index contributed by atoms with van der Waals surface area (Å²) in [5, 5.41) is 13.7. The minimum Gasteiger partial charge on any atom is -0.462 e. The Balaban J connectivity index is 0.00000198. The van der Waals surface area contributed by atoms with E-state index in [4.69, 9.17) is 26.3 Å². The molecule has 2 saturated heterocycles. The number of nitrogens with one attached hydrogen (secondary N) is 1. The summed E-state index contributed by atoms with van der Waals surface area (Å²) in [4.78, 5) is 15.2. The van der Waals surface area contributed by atoms with Gasteiger partial charge in [-0.05, 0) is 69.0 Å². The fraction of sp³-hybridized carbons (Fsp3) is 0.676. The lowest BCUT2D eigenvalue weighted by Crippen LogP contribution is -2.51. The average Bonchev–Trinajstić information content (AvgIpc) is 3.44. The molecule has 0 radical (unpaired) electrons. The fourth-order valence-electron chi connectivity index (χ4n) is 6.57. The van der Waals surface area contributed by atoms with Crippen LogP contribution in [0.15, 0.2) is 24.3 Å². The number of ether oxygens (including phenoxy) is 1. The van der Waals surface area contributed by atoms with Crippen LogP contribution in [0.4, 0.5) is 5.82 Å². The molecule has 3 fully saturated rings. The topological polar surface area (TPSA) is 77.3 Å². The number of aryl methyl sites for hydroxylation is 1. The minimum absolute atomic E-state index is 0.142. The van der Waals surface area contributed by atoms with Crippen molar-refractivity contribution in [2.24, 2.45) is 0 Å². The van der Waals surface area contributed by atoms with Crippen molar-refractivity contribution in [1.29, 1.82) is 5.26 Å². The molecule has 1 aromatic heterocycles. The predicted molar refractivity (Wildman–Crippen MR) is 173 cm³/mol. The summed E-state index contributed by atoms with van der Waals surface area (Å²) in [7, 11) is 0. The number of nitrogens with zero attached hydrogens (tertiary/aromatic N) is 5. The van der Waals surface area contributed by atoms with E-state index in [-0.39, 0.29) is 12.0 Å². The molecule has 3 atom stereocenters. The maximum atomic E-state index is 9.34. The molecule has 3 aliphatic rings. The number of aromatic nitrogens is 2. The van der Waals surface area contributed by atoms with Crippen LogP contribution in [-0.4, -0.2) is 65.8 Å². The van der Waals surface area contributed by atoms with Crippen molar-refractivity contribution in [3.8, 4) is 12.1 Å². The molecule has 7 nitrogen and oxygen atoms in total. The standard InChI is InChI=1S/C32H45ClN6O.C2H6/c1-3-8-28-30(23(2)14-15-24-9-4-5-13-29(24)33)36-32(37-31(28)38-20-18-35-25(21-38)16-17-34)40-22-27-12-7-19-39(27)26-10-6-11-26;1-2/h4-5,9,13,23,25-27,35H,3,6-8,10-12,14-16,18-22H2,1-2H3;1-2H3. The van der Waals surface area contributed by atoms with Crippen LogP contribution in [0, 0.1) is 11.3 Å². The Hall–Kier alpha value is -2.40. The molecule has 0 amide bonds. The monoisotopic (exact) mass is 594 g/mol. The van der Waals surface area contributed by atoms with Gasteiger partial charge in [-0.3, -0.25) is 4.90 Å². The van der Waals surface area contributed by atoms with Crippen LogP contribution in [0.5, 0.6) is 6.01 Å². The molecule has 1 aromatic carbocycles. The molecule has 0 spiro atoms. The summed E-state index contributed by atoms with van der Waals surface area (Å²) in [5.74, 6) is 1.23. The first-order valence-corrected chi connectivity index (χ1v) is 16.8. The number of anilines is 1. The maximum absolute atomic E-state index is 9.34. The van der Waals surface area contributed by atoms with Crippen molar-refractivity contribution in [2.75, 3.05) is 37.7 Å². The second-order valence-corrected chi connectivity index (χ2v) is 12.3. The summed E-state index contributed by atoms with van der Waals surface area (Å²) in [5.41, 5.74) is 3.51. The first kappa shape index (κ1) is 32.5. The highest BCUT2D eigenvalue weighted by molar-refractivity contribution is 6.31. The third-order valence-electron chi connectivity index (χ3n) is 9.03. The molecule has 8 heteroatoms. The predicted octanol–water partition coefficient (Wildman–Crippen LogP) is 6.93. The molecular formula is C34H51ClN6O. The van der Waals surface area contributed by atoms with Gasteiger partial charge >= 0.3 is 6.01 Å². The van der Waals surface area contributed by atoms with Crippen molar-refractivity contribution >= 4 is 17.4 Å². The van der Waals surface area contributed by atoms with Gasteiger partial charge in [-0.15, -0.1) is 0 Å². The van der Waals surface area contributed by atoms with Crippen LogP contribution in [0.3, 0.4) is 0 Å². The Kier molecular flexibility index (Phi) is 12.7. The number of nitriles is 1. The van der Waals surface area contributed by atoms with Gasteiger partial charge in [0.05, 0.1) is 18.2 Å². The molecule has 230 valence electrons. The van der Waals surface area contributed by atoms with Gasteiger partial charge in [0.2, 0.25) is 0 Å². The zero-order valence-corrected chi connectivity index (χ0v) is 27.0. The molecule has 3 unspecified atom stereocenters. The quantitative estimate of drug-likeness (QED) is 0.285. The molecule has 2 aromatic rings. The molecule has 3 heterocycles. The number of halogens is 1. The zero-order valence-electron chi connectivity index (χ0n) is 26.2. The number of hydrogen-bond acceptors (Lipinski definition) is 7. The summed E-state index contributed by atoms with van der Waals surface area (Å²) in [6, 6.07) is 12.3. The Morgan fingerprint density at radius 3 is 2.64 bits per heavy atom. The highest BCUT2D eigenvalue weighted by Gasteiger charge is 2.34. The van der Waals surface area contributed by atoms with Crippen molar-refractivity contribution in [3.05, 3.63) is 46.1 Å². The van der Waals surface area contributed by atoms with E-state index < -0.39 is 0 Å². The van der Waals surface area contributed by atoms with Crippen LogP contribution in [0.1, 0.15) is 102 Å². The van der Waals surface area contributed by atoms with Gasteiger partial charge in [0.25, 0.3) is 0 Å². The van der Waals surface area contributed by atoms with Crippen LogP contribution in [0.25, 0.3) is 0 Å². The Labute approximate surface area is 259 Å². The smallest absolute Gasteiger partial charge is 0.318 e. The van der Waals surface area contributed by atoms with E-state index >= 15 is 0 Å². The van der Waals surface area contributed by atoms with Crippen LogP contribution in [0.2, 0.25) is 5.02 Å². The summed E-state index contributed by atoms with van der Waals surface area (Å²) in [6.45, 7) is 12.8. The van der Waals surface area contributed by atoms with Crippen molar-refractivity contribution in [1.82, 2.24) is 20.2 Å². The van der Waals surface area contributed by atoms with E-state index in [9.17, 15) is 5.26 Å². The molecule has 42 heavy (non-hydrogen) atoms. The lowest BCUT2D eigenvalue weighted by Gasteiger charge is -2.38. The molecule has 5 rings (SSSR count). The Bertz CT molecular complexity index is 1170. The van der Waals surface area contributed by atoms with Crippen LogP contribution in [-0.2, 0) is 12.8 Å². The van der Waals surface area contributed by atoms with Gasteiger partial charge in [0.1, 0.15) is 12.4 Å².